The third-order valence-electron chi connectivity index (χ3n) is 2.98. The maximum Gasteiger partial charge on any atom is 0.160 e. The lowest BCUT2D eigenvalue weighted by Gasteiger charge is -2.21. The summed E-state index contributed by atoms with van der Waals surface area (Å²) >= 11 is 15.5. The molecule has 0 heterocycles. The molecule has 0 fully saturated rings. The predicted molar refractivity (Wildman–Crippen MR) is 86.0 cm³/mol. The lowest BCUT2D eigenvalue weighted by atomic mass is 9.98. The van der Waals surface area contributed by atoms with E-state index in [0.717, 1.165) is 22.2 Å². The van der Waals surface area contributed by atoms with Gasteiger partial charge in [0.25, 0.3) is 0 Å². The van der Waals surface area contributed by atoms with Gasteiger partial charge in [-0.05, 0) is 48.0 Å². The normalized spacial score (nSPS) is 12.5. The van der Waals surface area contributed by atoms with Crippen molar-refractivity contribution in [1.29, 1.82) is 0 Å². The molecule has 112 valence electrons. The molecule has 0 radical (unpaired) electrons. The van der Waals surface area contributed by atoms with Crippen LogP contribution >= 0.6 is 39.1 Å². The largest absolute Gasteiger partial charge is 0.306 e. The standard InChI is InChI=1S/C15H12BrCl2F2N/c1-2-21-15(8-3-9(16)5-10(17)4-8)11-6-13(19)14(20)7-12(11)18/h3-7,15,21H,2H2,1H3. The highest BCUT2D eigenvalue weighted by Crippen LogP contribution is 2.33. The summed E-state index contributed by atoms with van der Waals surface area (Å²) in [6.07, 6.45) is 0. The van der Waals surface area contributed by atoms with E-state index in [1.54, 1.807) is 12.1 Å². The maximum absolute atomic E-state index is 13.5. The van der Waals surface area contributed by atoms with Crippen LogP contribution in [0.1, 0.15) is 24.1 Å². The van der Waals surface area contributed by atoms with Gasteiger partial charge in [-0.2, -0.15) is 0 Å². The molecule has 0 saturated heterocycles. The Hall–Kier alpha value is -0.680. The summed E-state index contributed by atoms with van der Waals surface area (Å²) < 4.78 is 27.6. The first-order valence-electron chi connectivity index (χ1n) is 6.26. The van der Waals surface area contributed by atoms with Crippen LogP contribution in [0.25, 0.3) is 0 Å². The second-order valence-corrected chi connectivity index (χ2v) is 6.24. The Morgan fingerprint density at radius 2 is 1.76 bits per heavy atom. The second kappa shape index (κ2) is 7.05. The van der Waals surface area contributed by atoms with Crippen LogP contribution in [-0.4, -0.2) is 6.54 Å². The highest BCUT2D eigenvalue weighted by Gasteiger charge is 2.19. The molecule has 1 unspecified atom stereocenters. The zero-order valence-corrected chi connectivity index (χ0v) is 14.2. The Morgan fingerprint density at radius 1 is 1.10 bits per heavy atom. The maximum atomic E-state index is 13.5. The van der Waals surface area contributed by atoms with Crippen LogP contribution in [0.4, 0.5) is 8.78 Å². The lowest BCUT2D eigenvalue weighted by Crippen LogP contribution is -2.22. The van der Waals surface area contributed by atoms with Crippen LogP contribution in [0.3, 0.4) is 0 Å². The van der Waals surface area contributed by atoms with Gasteiger partial charge in [0.05, 0.1) is 6.04 Å². The van der Waals surface area contributed by atoms with E-state index < -0.39 is 11.6 Å². The third kappa shape index (κ3) is 3.95. The lowest BCUT2D eigenvalue weighted by molar-refractivity contribution is 0.504. The Balaban J connectivity index is 2.55. The van der Waals surface area contributed by atoms with E-state index in [1.165, 1.54) is 0 Å². The first kappa shape index (κ1) is 16.7. The molecule has 1 nitrogen and oxygen atoms in total. The van der Waals surface area contributed by atoms with E-state index in [1.807, 2.05) is 13.0 Å². The van der Waals surface area contributed by atoms with Crippen molar-refractivity contribution in [3.63, 3.8) is 0 Å². The van der Waals surface area contributed by atoms with Crippen LogP contribution in [-0.2, 0) is 0 Å². The van der Waals surface area contributed by atoms with Crippen molar-refractivity contribution in [2.24, 2.45) is 0 Å². The molecule has 0 saturated carbocycles. The van der Waals surface area contributed by atoms with Crippen LogP contribution in [0, 0.1) is 11.6 Å². The number of hydrogen-bond donors (Lipinski definition) is 1. The first-order chi connectivity index (χ1) is 9.92. The van der Waals surface area contributed by atoms with Gasteiger partial charge in [0.1, 0.15) is 0 Å². The van der Waals surface area contributed by atoms with E-state index in [9.17, 15) is 8.78 Å². The van der Waals surface area contributed by atoms with Crippen LogP contribution in [0.15, 0.2) is 34.8 Å². The van der Waals surface area contributed by atoms with Crippen LogP contribution in [0.2, 0.25) is 10.0 Å². The van der Waals surface area contributed by atoms with Crippen LogP contribution in [0.5, 0.6) is 0 Å². The molecule has 0 amide bonds. The van der Waals surface area contributed by atoms with Gasteiger partial charge in [0, 0.05) is 14.5 Å². The zero-order valence-electron chi connectivity index (χ0n) is 11.1. The van der Waals surface area contributed by atoms with E-state index in [4.69, 9.17) is 23.2 Å². The molecule has 0 aromatic heterocycles. The van der Waals surface area contributed by atoms with Gasteiger partial charge in [-0.15, -0.1) is 0 Å². The summed E-state index contributed by atoms with van der Waals surface area (Å²) in [5.74, 6) is -1.90. The minimum absolute atomic E-state index is 0.163. The van der Waals surface area contributed by atoms with Crippen molar-refractivity contribution in [1.82, 2.24) is 5.32 Å². The summed E-state index contributed by atoms with van der Waals surface area (Å²) in [6, 6.07) is 7.08. The molecule has 21 heavy (non-hydrogen) atoms. The fraction of sp³-hybridized carbons (Fsp3) is 0.200. The predicted octanol–water partition coefficient (Wildman–Crippen LogP) is 5.73. The highest BCUT2D eigenvalue weighted by atomic mass is 79.9. The summed E-state index contributed by atoms with van der Waals surface area (Å²) in [6.45, 7) is 2.55. The fourth-order valence-corrected chi connectivity index (χ4v) is 3.26. The second-order valence-electron chi connectivity index (χ2n) is 4.48. The molecule has 2 aromatic carbocycles. The summed E-state index contributed by atoms with van der Waals surface area (Å²) in [5, 5.41) is 3.91. The van der Waals surface area contributed by atoms with Crippen molar-refractivity contribution in [3.8, 4) is 0 Å². The number of halogens is 5. The molecule has 0 bridgehead atoms. The van der Waals surface area contributed by atoms with Gasteiger partial charge in [-0.1, -0.05) is 46.1 Å². The van der Waals surface area contributed by atoms with Gasteiger partial charge < -0.3 is 5.32 Å². The molecule has 2 rings (SSSR count). The topological polar surface area (TPSA) is 12.0 Å². The highest BCUT2D eigenvalue weighted by molar-refractivity contribution is 9.10. The number of hydrogen-bond acceptors (Lipinski definition) is 1. The van der Waals surface area contributed by atoms with Gasteiger partial charge >= 0.3 is 0 Å². The van der Waals surface area contributed by atoms with Crippen molar-refractivity contribution < 1.29 is 8.78 Å². The molecule has 0 aliphatic heterocycles. The SMILES string of the molecule is CCNC(c1cc(Cl)cc(Br)c1)c1cc(F)c(F)cc1Cl. The van der Waals surface area contributed by atoms with Crippen molar-refractivity contribution in [2.45, 2.75) is 13.0 Å². The number of rotatable bonds is 4. The van der Waals surface area contributed by atoms with E-state index in [0.29, 0.717) is 17.1 Å². The molecule has 2 aromatic rings. The number of nitrogens with one attached hydrogen (secondary N) is 1. The third-order valence-corrected chi connectivity index (χ3v) is 3.98. The number of benzene rings is 2. The first-order valence-corrected chi connectivity index (χ1v) is 7.81. The van der Waals surface area contributed by atoms with Crippen LogP contribution < -0.4 is 5.32 Å². The minimum atomic E-state index is -0.966. The summed E-state index contributed by atoms with van der Waals surface area (Å²) in [7, 11) is 0. The van der Waals surface area contributed by atoms with Gasteiger partial charge in [-0.25, -0.2) is 8.78 Å². The van der Waals surface area contributed by atoms with Gasteiger partial charge in [-0.3, -0.25) is 0 Å². The Kier molecular flexibility index (Phi) is 5.60. The summed E-state index contributed by atoms with van der Waals surface area (Å²) in [4.78, 5) is 0. The molecular weight excluding hydrogens is 383 g/mol. The smallest absolute Gasteiger partial charge is 0.160 e. The molecule has 0 aliphatic carbocycles. The van der Waals surface area contributed by atoms with Crippen molar-refractivity contribution in [3.05, 3.63) is 67.6 Å². The quantitative estimate of drug-likeness (QED) is 0.652. The Morgan fingerprint density at radius 3 is 2.38 bits per heavy atom. The monoisotopic (exact) mass is 393 g/mol. The summed E-state index contributed by atoms with van der Waals surface area (Å²) in [5.41, 5.74) is 1.27. The molecule has 1 N–H and O–H groups in total. The zero-order chi connectivity index (χ0) is 15.6. The van der Waals surface area contributed by atoms with E-state index >= 15 is 0 Å². The van der Waals surface area contributed by atoms with E-state index in [2.05, 4.69) is 21.2 Å². The molecule has 6 heteroatoms. The molecule has 0 spiro atoms. The van der Waals surface area contributed by atoms with E-state index in [-0.39, 0.29) is 11.1 Å². The van der Waals surface area contributed by atoms with Crippen molar-refractivity contribution in [2.75, 3.05) is 6.54 Å². The fourth-order valence-electron chi connectivity index (χ4n) is 2.11. The Labute approximate surface area is 140 Å². The minimum Gasteiger partial charge on any atom is -0.306 e. The molecule has 1 atom stereocenters. The van der Waals surface area contributed by atoms with Gasteiger partial charge in [0.15, 0.2) is 11.6 Å². The average Bonchev–Trinajstić information content (AvgIpc) is 2.39. The Bertz CT molecular complexity index is 644. The average molecular weight is 395 g/mol. The molecular formula is C15H12BrCl2F2N. The van der Waals surface area contributed by atoms with Gasteiger partial charge in [0.2, 0.25) is 0 Å². The molecule has 0 aliphatic rings. The van der Waals surface area contributed by atoms with Crippen molar-refractivity contribution >= 4 is 39.1 Å².